The molecule has 3 N–H and O–H groups in total. The van der Waals surface area contributed by atoms with E-state index in [1.165, 1.54) is 24.0 Å². The van der Waals surface area contributed by atoms with Gasteiger partial charge >= 0.3 is 12.3 Å². The highest BCUT2D eigenvalue weighted by atomic mass is 32.2. The number of fused-ring (bicyclic) bond motifs is 3. The summed E-state index contributed by atoms with van der Waals surface area (Å²) in [4.78, 5) is 58.3. The van der Waals surface area contributed by atoms with Crippen LogP contribution in [0.3, 0.4) is 0 Å². The lowest BCUT2D eigenvalue weighted by atomic mass is 10.0. The Morgan fingerprint density at radius 3 is 2.50 bits per heavy atom. The number of nitrogens with one attached hydrogen (secondary N) is 3. The zero-order chi connectivity index (χ0) is 40.2. The summed E-state index contributed by atoms with van der Waals surface area (Å²) in [6.07, 6.45) is -0.425. The van der Waals surface area contributed by atoms with Gasteiger partial charge in [0.05, 0.1) is 23.4 Å². The molecule has 18 heteroatoms. The van der Waals surface area contributed by atoms with E-state index >= 15 is 0 Å². The molecule has 4 amide bonds. The number of hydrogen-bond donors (Lipinski definition) is 3. The van der Waals surface area contributed by atoms with Crippen LogP contribution in [0.2, 0.25) is 0 Å². The van der Waals surface area contributed by atoms with Gasteiger partial charge in [-0.05, 0) is 75.3 Å². The van der Waals surface area contributed by atoms with Crippen LogP contribution in [0.1, 0.15) is 81.4 Å². The molecule has 2 aromatic carbocycles. The summed E-state index contributed by atoms with van der Waals surface area (Å²) in [5, 5.41) is 5.53. The van der Waals surface area contributed by atoms with E-state index in [9.17, 15) is 49.5 Å². The fourth-order valence-electron chi connectivity index (χ4n) is 7.71. The average Bonchev–Trinajstić information content (AvgIpc) is 3.92. The SMILES string of the molecule is CC1(S(=O)(=O)NC(=O)[C@@]23C[C@H]2/C=C\CCCCC[C@H](Nc2ccc(F)c(C(F)(F)F)c2)C(=O)N2C[C@H](OC(=O)N4Cc5cccc(F)c5C4)C[C@H]2C(=O)N3)CC1. The smallest absolute Gasteiger partial charge is 0.419 e. The van der Waals surface area contributed by atoms with Crippen molar-refractivity contribution >= 4 is 39.5 Å². The Morgan fingerprint density at radius 2 is 1.79 bits per heavy atom. The molecule has 5 atom stereocenters. The predicted octanol–water partition coefficient (Wildman–Crippen LogP) is 5.28. The van der Waals surface area contributed by atoms with Gasteiger partial charge in [0.15, 0.2) is 0 Å². The van der Waals surface area contributed by atoms with Gasteiger partial charge in [0, 0.05) is 30.1 Å². The first-order valence-corrected chi connectivity index (χ1v) is 20.1. The molecule has 56 heavy (non-hydrogen) atoms. The predicted molar refractivity (Wildman–Crippen MR) is 191 cm³/mol. The van der Waals surface area contributed by atoms with Gasteiger partial charge in [0.2, 0.25) is 21.8 Å². The number of nitrogens with zero attached hydrogens (tertiary/aromatic N) is 2. The van der Waals surface area contributed by atoms with Crippen molar-refractivity contribution in [3.63, 3.8) is 0 Å². The quantitative estimate of drug-likeness (QED) is 0.264. The largest absolute Gasteiger partial charge is 0.444 e. The summed E-state index contributed by atoms with van der Waals surface area (Å²) >= 11 is 0. The summed E-state index contributed by atoms with van der Waals surface area (Å²) in [7, 11) is -4.09. The number of halogens is 5. The maximum atomic E-state index is 14.5. The Morgan fingerprint density at radius 1 is 1.02 bits per heavy atom. The van der Waals surface area contributed by atoms with Crippen LogP contribution in [0, 0.1) is 17.6 Å². The molecule has 3 aliphatic heterocycles. The summed E-state index contributed by atoms with van der Waals surface area (Å²) in [6.45, 7) is 1.19. The van der Waals surface area contributed by atoms with Crippen LogP contribution in [0.25, 0.3) is 0 Å². The summed E-state index contributed by atoms with van der Waals surface area (Å²) < 4.78 is 102. The molecule has 0 unspecified atom stereocenters. The van der Waals surface area contributed by atoms with Crippen LogP contribution >= 0.6 is 0 Å². The molecule has 3 fully saturated rings. The zero-order valence-corrected chi connectivity index (χ0v) is 31.3. The monoisotopic (exact) mass is 807 g/mol. The molecule has 0 bridgehead atoms. The Balaban J connectivity index is 1.17. The number of anilines is 1. The van der Waals surface area contributed by atoms with Gasteiger partial charge in [0.25, 0.3) is 5.91 Å². The number of carbonyl (C=O) groups is 4. The molecular formula is C38H42F5N5O7S. The second-order valence-corrected chi connectivity index (χ2v) is 17.8. The standard InChI is InChI=1S/C38H42F5N5O7S/c1-36(14-15-36)56(53,54)46-34(51)37-18-23(37)9-5-3-2-4-6-11-30(44-24-12-13-29(40)27(16-24)38(41,42)43)33(50)48-20-25(17-31(48)32(49)45-37)55-35(52)47-19-22-8-7-10-28(39)26(22)21-47/h5,7-10,12-13,16,23,25,30-31,44H,2-4,6,11,14-15,17-21H2,1H3,(H,45,49)(H,46,51)/b9-5-/t23-,25-,30+,31+,37-/m1/s1. The lowest BCUT2D eigenvalue weighted by Gasteiger charge is -2.30. The highest BCUT2D eigenvalue weighted by molar-refractivity contribution is 7.91. The normalized spacial score (nSPS) is 28.1. The van der Waals surface area contributed by atoms with Crippen molar-refractivity contribution in [1.29, 1.82) is 0 Å². The van der Waals surface area contributed by atoms with Crippen LogP contribution in [0.4, 0.5) is 32.4 Å². The van der Waals surface area contributed by atoms with Crippen LogP contribution < -0.4 is 15.4 Å². The Hall–Kier alpha value is -4.74. The molecule has 0 spiro atoms. The van der Waals surface area contributed by atoms with Gasteiger partial charge in [-0.15, -0.1) is 0 Å². The van der Waals surface area contributed by atoms with Crippen molar-refractivity contribution in [3.05, 3.63) is 76.9 Å². The molecule has 12 nitrogen and oxygen atoms in total. The van der Waals surface area contributed by atoms with E-state index in [0.717, 1.165) is 11.0 Å². The van der Waals surface area contributed by atoms with Crippen LogP contribution in [-0.2, 0) is 48.4 Å². The van der Waals surface area contributed by atoms with Crippen molar-refractivity contribution in [3.8, 4) is 0 Å². The first kappa shape index (κ1) is 39.5. The van der Waals surface area contributed by atoms with Crippen molar-refractivity contribution in [1.82, 2.24) is 19.8 Å². The second-order valence-electron chi connectivity index (χ2n) is 15.6. The number of hydrogen-bond acceptors (Lipinski definition) is 8. The topological polar surface area (TPSA) is 154 Å². The van der Waals surface area contributed by atoms with E-state index in [2.05, 4.69) is 15.4 Å². The van der Waals surface area contributed by atoms with Crippen molar-refractivity contribution in [2.75, 3.05) is 11.9 Å². The van der Waals surface area contributed by atoms with E-state index in [1.807, 2.05) is 6.08 Å². The van der Waals surface area contributed by atoms with E-state index in [0.29, 0.717) is 61.8 Å². The maximum Gasteiger partial charge on any atom is 0.419 e. The molecule has 5 aliphatic rings. The molecule has 2 aromatic rings. The molecule has 2 aliphatic carbocycles. The number of rotatable bonds is 6. The number of sulfonamides is 1. The van der Waals surface area contributed by atoms with Crippen LogP contribution in [0.15, 0.2) is 48.6 Å². The van der Waals surface area contributed by atoms with Crippen molar-refractivity contribution < 1.29 is 54.3 Å². The minimum atomic E-state index is -5.02. The van der Waals surface area contributed by atoms with Gasteiger partial charge in [0.1, 0.15) is 35.4 Å². The van der Waals surface area contributed by atoms with Crippen molar-refractivity contribution in [2.24, 2.45) is 5.92 Å². The van der Waals surface area contributed by atoms with Gasteiger partial charge in [-0.2, -0.15) is 13.2 Å². The highest BCUT2D eigenvalue weighted by Gasteiger charge is 2.63. The molecule has 7 rings (SSSR count). The molecule has 302 valence electrons. The molecule has 0 aromatic heterocycles. The van der Waals surface area contributed by atoms with Gasteiger partial charge in [-0.3, -0.25) is 24.0 Å². The summed E-state index contributed by atoms with van der Waals surface area (Å²) in [5.41, 5.74) is -2.47. The second kappa shape index (κ2) is 14.6. The summed E-state index contributed by atoms with van der Waals surface area (Å²) in [5.74, 6) is -5.02. The third kappa shape index (κ3) is 7.80. The van der Waals surface area contributed by atoms with E-state index in [-0.39, 0.29) is 44.6 Å². The minimum Gasteiger partial charge on any atom is -0.444 e. The minimum absolute atomic E-state index is 0.0588. The van der Waals surface area contributed by atoms with E-state index in [4.69, 9.17) is 4.74 Å². The first-order valence-electron chi connectivity index (χ1n) is 18.6. The number of amides is 4. The third-order valence-electron chi connectivity index (χ3n) is 11.5. The van der Waals surface area contributed by atoms with E-state index in [1.54, 1.807) is 12.1 Å². The fraction of sp³-hybridized carbons (Fsp3) is 0.526. The number of carbonyl (C=O) groups excluding carboxylic acids is 4. The van der Waals surface area contributed by atoms with Crippen molar-refractivity contribution in [2.45, 2.75) is 112 Å². The average molecular weight is 808 g/mol. The first-order chi connectivity index (χ1) is 26.4. The van der Waals surface area contributed by atoms with Crippen LogP contribution in [-0.4, -0.2) is 77.1 Å². The number of benzene rings is 2. The number of alkyl halides is 3. The lowest BCUT2D eigenvalue weighted by Crippen LogP contribution is -2.58. The molecular weight excluding hydrogens is 766 g/mol. The van der Waals surface area contributed by atoms with Gasteiger partial charge in [-0.25, -0.2) is 22.0 Å². The number of ether oxygens (including phenoxy) is 1. The van der Waals surface area contributed by atoms with E-state index < -0.39 is 91.6 Å². The lowest BCUT2D eigenvalue weighted by molar-refractivity contribution is -0.140. The highest BCUT2D eigenvalue weighted by Crippen LogP contribution is 2.47. The summed E-state index contributed by atoms with van der Waals surface area (Å²) in [6, 6.07) is 4.16. The maximum absolute atomic E-state index is 14.5. The number of allylic oxidation sites excluding steroid dienone is 1. The Kier molecular flexibility index (Phi) is 10.3. The third-order valence-corrected chi connectivity index (χ3v) is 13.7. The Labute approximate surface area is 320 Å². The van der Waals surface area contributed by atoms with Crippen LogP contribution in [0.5, 0.6) is 0 Å². The molecule has 0 radical (unpaired) electrons. The van der Waals surface area contributed by atoms with Gasteiger partial charge in [-0.1, -0.05) is 37.1 Å². The fourth-order valence-corrected chi connectivity index (χ4v) is 9.02. The molecule has 1 saturated heterocycles. The Bertz CT molecular complexity index is 2080. The molecule has 2 saturated carbocycles. The molecule has 3 heterocycles. The zero-order valence-electron chi connectivity index (χ0n) is 30.5. The van der Waals surface area contributed by atoms with Gasteiger partial charge < -0.3 is 20.3 Å².